The van der Waals surface area contributed by atoms with Crippen LogP contribution in [0.4, 0.5) is 9.52 Å². The molecule has 8 heteroatoms. The Bertz CT molecular complexity index is 921. The first-order chi connectivity index (χ1) is 10.5. The van der Waals surface area contributed by atoms with Crippen molar-refractivity contribution < 1.29 is 17.5 Å². The Kier molecular flexibility index (Phi) is 3.71. The van der Waals surface area contributed by atoms with Gasteiger partial charge in [-0.25, -0.2) is 17.8 Å². The molecular weight excluding hydrogens is 327 g/mol. The molecule has 0 atom stereocenters. The van der Waals surface area contributed by atoms with E-state index in [1.807, 2.05) is 0 Å². The van der Waals surface area contributed by atoms with E-state index in [2.05, 4.69) is 9.71 Å². The van der Waals surface area contributed by atoms with Gasteiger partial charge in [-0.3, -0.25) is 4.72 Å². The van der Waals surface area contributed by atoms with Crippen LogP contribution in [-0.2, 0) is 10.0 Å². The number of anilines is 1. The van der Waals surface area contributed by atoms with Gasteiger partial charge in [-0.15, -0.1) is 0 Å². The van der Waals surface area contributed by atoms with Crippen LogP contribution >= 0.6 is 11.3 Å². The molecule has 0 unspecified atom stereocenters. The largest absolute Gasteiger partial charge is 0.497 e. The Morgan fingerprint density at radius 3 is 2.55 bits per heavy atom. The second-order valence-corrected chi connectivity index (χ2v) is 7.10. The first-order valence-electron chi connectivity index (χ1n) is 6.21. The fourth-order valence-corrected chi connectivity index (χ4v) is 4.00. The average molecular weight is 338 g/mol. The molecule has 0 bridgehead atoms. The maximum absolute atomic E-state index is 13.6. The Balaban J connectivity index is 1.93. The van der Waals surface area contributed by atoms with E-state index in [0.29, 0.717) is 10.4 Å². The maximum atomic E-state index is 13.6. The van der Waals surface area contributed by atoms with Crippen LogP contribution in [0.3, 0.4) is 0 Å². The van der Waals surface area contributed by atoms with Crippen LogP contribution in [0.2, 0.25) is 0 Å². The van der Waals surface area contributed by atoms with Gasteiger partial charge in [0.1, 0.15) is 17.1 Å². The Morgan fingerprint density at radius 2 is 1.91 bits per heavy atom. The molecule has 1 heterocycles. The van der Waals surface area contributed by atoms with Crippen LogP contribution in [-0.4, -0.2) is 20.5 Å². The highest BCUT2D eigenvalue weighted by Gasteiger charge is 2.17. The number of rotatable bonds is 4. The van der Waals surface area contributed by atoms with Gasteiger partial charge in [0.2, 0.25) is 0 Å². The minimum Gasteiger partial charge on any atom is -0.497 e. The van der Waals surface area contributed by atoms with E-state index in [-0.39, 0.29) is 15.5 Å². The topological polar surface area (TPSA) is 68.3 Å². The van der Waals surface area contributed by atoms with Crippen molar-refractivity contribution in [2.24, 2.45) is 0 Å². The number of sulfonamides is 1. The van der Waals surface area contributed by atoms with E-state index < -0.39 is 15.8 Å². The van der Waals surface area contributed by atoms with Crippen LogP contribution in [0, 0.1) is 5.82 Å². The minimum atomic E-state index is -3.78. The molecule has 3 rings (SSSR count). The number of nitrogens with one attached hydrogen (secondary N) is 1. The average Bonchev–Trinajstić information content (AvgIpc) is 2.90. The number of ether oxygens (including phenoxy) is 1. The SMILES string of the molecule is COc1ccc(S(=O)(=O)Nc2nc3c(F)cccc3s2)cc1. The summed E-state index contributed by atoms with van der Waals surface area (Å²) in [5, 5.41) is 0.121. The fourth-order valence-electron chi connectivity index (χ4n) is 1.89. The molecule has 0 spiro atoms. The second kappa shape index (κ2) is 5.54. The van der Waals surface area contributed by atoms with Gasteiger partial charge in [0.05, 0.1) is 16.7 Å². The van der Waals surface area contributed by atoms with Gasteiger partial charge in [-0.1, -0.05) is 17.4 Å². The molecule has 2 aromatic carbocycles. The number of benzene rings is 2. The van der Waals surface area contributed by atoms with Gasteiger partial charge >= 0.3 is 0 Å². The van der Waals surface area contributed by atoms with E-state index in [9.17, 15) is 12.8 Å². The van der Waals surface area contributed by atoms with Crippen molar-refractivity contribution in [1.82, 2.24) is 4.98 Å². The lowest BCUT2D eigenvalue weighted by Gasteiger charge is -2.05. The molecule has 0 saturated carbocycles. The lowest BCUT2D eigenvalue weighted by Crippen LogP contribution is -2.12. The Labute approximate surface area is 130 Å². The summed E-state index contributed by atoms with van der Waals surface area (Å²) < 4.78 is 46.1. The molecule has 3 aromatic rings. The number of nitrogens with zero attached hydrogens (tertiary/aromatic N) is 1. The van der Waals surface area contributed by atoms with Crippen molar-refractivity contribution in [2.45, 2.75) is 4.90 Å². The monoisotopic (exact) mass is 338 g/mol. The van der Waals surface area contributed by atoms with E-state index >= 15 is 0 Å². The highest BCUT2D eigenvalue weighted by molar-refractivity contribution is 7.93. The van der Waals surface area contributed by atoms with E-state index in [1.54, 1.807) is 24.3 Å². The number of hydrogen-bond acceptors (Lipinski definition) is 5. The summed E-state index contributed by atoms with van der Waals surface area (Å²) in [5.74, 6) is 0.0738. The zero-order valence-corrected chi connectivity index (χ0v) is 13.0. The van der Waals surface area contributed by atoms with Gasteiger partial charge in [0, 0.05) is 0 Å². The number of hydrogen-bond donors (Lipinski definition) is 1. The van der Waals surface area contributed by atoms with Crippen molar-refractivity contribution in [3.05, 3.63) is 48.3 Å². The molecule has 0 aliphatic carbocycles. The summed E-state index contributed by atoms with van der Waals surface area (Å²) in [6.45, 7) is 0. The van der Waals surface area contributed by atoms with E-state index in [1.165, 1.54) is 25.3 Å². The summed E-state index contributed by atoms with van der Waals surface area (Å²) in [6.07, 6.45) is 0. The predicted molar refractivity (Wildman–Crippen MR) is 83.4 cm³/mol. The predicted octanol–water partition coefficient (Wildman–Crippen LogP) is 3.24. The normalized spacial score (nSPS) is 11.5. The standard InChI is InChI=1S/C14H11FN2O3S2/c1-20-9-5-7-10(8-6-9)22(18,19)17-14-16-13-11(15)3-2-4-12(13)21-14/h2-8H,1H3,(H,16,17). The van der Waals surface area contributed by atoms with Crippen LogP contribution in [0.15, 0.2) is 47.4 Å². The maximum Gasteiger partial charge on any atom is 0.263 e. The molecule has 1 aromatic heterocycles. The summed E-state index contributed by atoms with van der Waals surface area (Å²) in [5.41, 5.74) is 0.153. The number of halogens is 1. The third-order valence-electron chi connectivity index (χ3n) is 2.96. The number of thiazole rings is 1. The van der Waals surface area contributed by atoms with Crippen LogP contribution in [0.1, 0.15) is 0 Å². The summed E-state index contributed by atoms with van der Waals surface area (Å²) in [6, 6.07) is 10.5. The van der Waals surface area contributed by atoms with Crippen LogP contribution in [0.25, 0.3) is 10.2 Å². The lowest BCUT2D eigenvalue weighted by molar-refractivity contribution is 0.414. The molecule has 114 valence electrons. The quantitative estimate of drug-likeness (QED) is 0.793. The number of methoxy groups -OCH3 is 1. The molecule has 0 aliphatic heterocycles. The third-order valence-corrected chi connectivity index (χ3v) is 5.38. The zero-order chi connectivity index (χ0) is 15.7. The Hall–Kier alpha value is -2.19. The second-order valence-electron chi connectivity index (χ2n) is 4.39. The van der Waals surface area contributed by atoms with E-state index in [4.69, 9.17) is 4.74 Å². The summed E-state index contributed by atoms with van der Waals surface area (Å²) in [4.78, 5) is 4.06. The van der Waals surface area contributed by atoms with Crippen molar-refractivity contribution in [3.8, 4) is 5.75 Å². The van der Waals surface area contributed by atoms with Gasteiger partial charge < -0.3 is 4.74 Å². The molecule has 0 saturated heterocycles. The highest BCUT2D eigenvalue weighted by atomic mass is 32.2. The smallest absolute Gasteiger partial charge is 0.263 e. The molecule has 1 N–H and O–H groups in total. The third kappa shape index (κ3) is 2.75. The van der Waals surface area contributed by atoms with Crippen LogP contribution < -0.4 is 9.46 Å². The number of para-hydroxylation sites is 1. The molecule has 0 amide bonds. The van der Waals surface area contributed by atoms with Crippen molar-refractivity contribution >= 4 is 36.7 Å². The first kappa shape index (κ1) is 14.7. The zero-order valence-electron chi connectivity index (χ0n) is 11.4. The van der Waals surface area contributed by atoms with Crippen molar-refractivity contribution in [2.75, 3.05) is 11.8 Å². The molecule has 5 nitrogen and oxygen atoms in total. The first-order valence-corrected chi connectivity index (χ1v) is 8.51. The van der Waals surface area contributed by atoms with Crippen molar-refractivity contribution in [1.29, 1.82) is 0 Å². The highest BCUT2D eigenvalue weighted by Crippen LogP contribution is 2.29. The van der Waals surface area contributed by atoms with Crippen molar-refractivity contribution in [3.63, 3.8) is 0 Å². The molecule has 0 fully saturated rings. The summed E-state index contributed by atoms with van der Waals surface area (Å²) in [7, 11) is -2.28. The van der Waals surface area contributed by atoms with Gasteiger partial charge in [-0.2, -0.15) is 0 Å². The van der Waals surface area contributed by atoms with E-state index in [0.717, 1.165) is 11.3 Å². The van der Waals surface area contributed by atoms with Gasteiger partial charge in [0.25, 0.3) is 10.0 Å². The Morgan fingerprint density at radius 1 is 1.18 bits per heavy atom. The number of fused-ring (bicyclic) bond motifs is 1. The van der Waals surface area contributed by atoms with Crippen LogP contribution in [0.5, 0.6) is 5.75 Å². The van der Waals surface area contributed by atoms with Gasteiger partial charge in [-0.05, 0) is 36.4 Å². The molecule has 0 radical (unpaired) electrons. The lowest BCUT2D eigenvalue weighted by atomic mass is 10.3. The summed E-state index contributed by atoms with van der Waals surface area (Å²) >= 11 is 1.07. The fraction of sp³-hybridized carbons (Fsp3) is 0.0714. The molecule has 22 heavy (non-hydrogen) atoms. The molecular formula is C14H11FN2O3S2. The van der Waals surface area contributed by atoms with Gasteiger partial charge in [0.15, 0.2) is 5.13 Å². The molecule has 0 aliphatic rings. The number of aromatic nitrogens is 1. The minimum absolute atomic E-state index is 0.0769.